The number of benzene rings is 14. The van der Waals surface area contributed by atoms with Gasteiger partial charge in [0.05, 0.1) is 11.4 Å². The third kappa shape index (κ3) is 6.19. The molecule has 0 fully saturated rings. The highest BCUT2D eigenvalue weighted by Gasteiger charge is 2.35. The lowest BCUT2D eigenvalue weighted by molar-refractivity contribution is 0.651. The molecule has 0 bridgehead atoms. The monoisotopic (exact) mass is 968 g/mol. The molecule has 0 aliphatic carbocycles. The molecule has 0 saturated heterocycles. The van der Waals surface area contributed by atoms with Crippen molar-refractivity contribution < 1.29 is 8.83 Å². The first-order valence-corrected chi connectivity index (χ1v) is 26.0. The largest absolute Gasteiger partial charge is 0.453 e. The number of para-hydroxylation sites is 4. The molecule has 0 N–H and O–H groups in total. The molecule has 0 spiro atoms. The molecule has 0 radical (unpaired) electrons. The first kappa shape index (κ1) is 42.4. The molecule has 14 aromatic rings. The lowest BCUT2D eigenvalue weighted by Crippen LogP contribution is -2.12. The van der Waals surface area contributed by atoms with E-state index in [4.69, 9.17) is 8.83 Å². The normalized spacial score (nSPS) is 11.9. The van der Waals surface area contributed by atoms with Crippen molar-refractivity contribution in [2.45, 2.75) is 0 Å². The molecule has 0 aromatic heterocycles. The summed E-state index contributed by atoms with van der Waals surface area (Å²) in [4.78, 5) is 4.73. The summed E-state index contributed by atoms with van der Waals surface area (Å²) in [5, 5.41) is 13.2. The summed E-state index contributed by atoms with van der Waals surface area (Å²) >= 11 is 0. The van der Waals surface area contributed by atoms with Gasteiger partial charge in [-0.05, 0) is 115 Å². The van der Waals surface area contributed by atoms with Crippen molar-refractivity contribution >= 4 is 121 Å². The van der Waals surface area contributed by atoms with Crippen LogP contribution in [0.25, 0.3) is 120 Å². The number of nitrogens with zero attached hydrogens (tertiary/aromatic N) is 2. The topological polar surface area (TPSA) is 32.8 Å². The van der Waals surface area contributed by atoms with Crippen molar-refractivity contribution in [3.05, 3.63) is 267 Å². The van der Waals surface area contributed by atoms with Crippen molar-refractivity contribution in [3.8, 4) is 33.4 Å². The smallest absolute Gasteiger partial charge is 0.160 e. The van der Waals surface area contributed by atoms with Crippen molar-refractivity contribution in [1.29, 1.82) is 0 Å². The number of hydrogen-bond donors (Lipinski definition) is 0. The summed E-state index contributed by atoms with van der Waals surface area (Å²) in [6.45, 7) is 0. The fourth-order valence-electron chi connectivity index (χ4n) is 12.6. The molecule has 0 unspecified atom stereocenters. The van der Waals surface area contributed by atoms with Crippen LogP contribution in [-0.4, -0.2) is 0 Å². The second kappa shape index (κ2) is 16.7. The highest BCUT2D eigenvalue weighted by molar-refractivity contribution is 6.40. The number of fused-ring (bicyclic) bond motifs is 8. The van der Waals surface area contributed by atoms with E-state index in [0.717, 1.165) is 133 Å². The highest BCUT2D eigenvalue weighted by atomic mass is 16.3. The zero-order valence-corrected chi connectivity index (χ0v) is 41.1. The van der Waals surface area contributed by atoms with E-state index < -0.39 is 0 Å². The second-order valence-electron chi connectivity index (χ2n) is 19.8. The van der Waals surface area contributed by atoms with Gasteiger partial charge in [0.1, 0.15) is 11.2 Å². The third-order valence-electron chi connectivity index (χ3n) is 15.7. The minimum atomic E-state index is 0.776. The summed E-state index contributed by atoms with van der Waals surface area (Å²) in [5.74, 6) is 0. The van der Waals surface area contributed by atoms with E-state index >= 15 is 0 Å². The van der Waals surface area contributed by atoms with E-state index in [-0.39, 0.29) is 0 Å². The average Bonchev–Trinajstić information content (AvgIpc) is 3.65. The second-order valence-corrected chi connectivity index (χ2v) is 19.8. The van der Waals surface area contributed by atoms with Crippen LogP contribution in [0.3, 0.4) is 0 Å². The van der Waals surface area contributed by atoms with Crippen LogP contribution in [-0.2, 0) is 0 Å². The minimum absolute atomic E-state index is 0.776. The number of rotatable bonds is 8. The Kier molecular flexibility index (Phi) is 9.30. The molecule has 16 rings (SSSR count). The minimum Gasteiger partial charge on any atom is -0.453 e. The Morgan fingerprint density at radius 1 is 0.224 bits per heavy atom. The van der Waals surface area contributed by atoms with Crippen molar-refractivity contribution in [1.82, 2.24) is 0 Å². The van der Waals surface area contributed by atoms with Gasteiger partial charge in [-0.25, -0.2) is 0 Å². The van der Waals surface area contributed by atoms with Gasteiger partial charge in [-0.2, -0.15) is 0 Å². The van der Waals surface area contributed by atoms with Gasteiger partial charge in [-0.15, -0.1) is 0 Å². The van der Waals surface area contributed by atoms with Crippen LogP contribution in [0, 0.1) is 0 Å². The zero-order chi connectivity index (χ0) is 49.8. The molecule has 0 amide bonds. The van der Waals surface area contributed by atoms with E-state index in [0.29, 0.717) is 0 Å². The Hall–Kier alpha value is -10.2. The molecular weight excluding hydrogens is 925 g/mol. The molecule has 4 heteroatoms. The summed E-state index contributed by atoms with van der Waals surface area (Å²) in [7, 11) is 0. The maximum atomic E-state index is 8.01. The van der Waals surface area contributed by atoms with E-state index in [9.17, 15) is 0 Å². The first-order valence-electron chi connectivity index (χ1n) is 26.0. The Bertz CT molecular complexity index is 4470. The molecule has 4 nitrogen and oxygen atoms in total. The molecule has 2 heterocycles. The molecule has 354 valence electrons. The van der Waals surface area contributed by atoms with Crippen molar-refractivity contribution in [3.63, 3.8) is 0 Å². The maximum Gasteiger partial charge on any atom is 0.160 e. The summed E-state index contributed by atoms with van der Waals surface area (Å²) < 4.78 is 16.0. The average molecular weight is 969 g/mol. The Balaban J connectivity index is 1.19. The van der Waals surface area contributed by atoms with Crippen LogP contribution >= 0.6 is 0 Å². The van der Waals surface area contributed by atoms with Gasteiger partial charge in [0.15, 0.2) is 11.2 Å². The van der Waals surface area contributed by atoms with Gasteiger partial charge in [0.2, 0.25) is 0 Å². The molecule has 14 aromatic carbocycles. The predicted octanol–water partition coefficient (Wildman–Crippen LogP) is 20.9. The maximum absolute atomic E-state index is 8.01. The van der Waals surface area contributed by atoms with Gasteiger partial charge >= 0.3 is 0 Å². The van der Waals surface area contributed by atoms with E-state index in [2.05, 4.69) is 277 Å². The van der Waals surface area contributed by atoms with Crippen molar-refractivity contribution in [2.75, 3.05) is 9.80 Å². The van der Waals surface area contributed by atoms with Gasteiger partial charge < -0.3 is 18.6 Å². The SMILES string of the molecule is c1ccc(N(c2ccccc2)c2cc(-c3cccc4ccccc34)c3c4ccccc4c4oc5c(N(c6ccccc6)c6ccccc6)cc(-c6cccc7ccccc67)c6c7ccccc7c7oc2c3c4-c7c56)cc1. The van der Waals surface area contributed by atoms with E-state index in [1.165, 1.54) is 21.5 Å². The van der Waals surface area contributed by atoms with E-state index in [1.807, 2.05) is 0 Å². The number of hydrogen-bond acceptors (Lipinski definition) is 4. The van der Waals surface area contributed by atoms with Crippen LogP contribution in [0.15, 0.2) is 276 Å². The van der Waals surface area contributed by atoms with Crippen LogP contribution in [0.1, 0.15) is 0 Å². The summed E-state index contributed by atoms with van der Waals surface area (Å²) in [5.41, 5.74) is 15.7. The standard InChI is InChI=1S/C72H44N2O2/c1-5-27-47(28-6-1)73(48-29-7-2-8-30-48)61-43-59(53-41-21-25-45-23-13-15-35-51(45)53)63-55-37-17-20-40-58(55)70-67-65(63)71(61)75-69-57-39-19-18-38-56(57)64-60(54-42-22-26-46-24-14-16-36-52(46)54)44-62(72(76-70)66(64)68(67)69)74(49-31-9-3-10-32-49)50-33-11-4-12-34-50/h1-44H. The van der Waals surface area contributed by atoms with Gasteiger partial charge in [0, 0.05) is 66.2 Å². The number of anilines is 6. The quantitative estimate of drug-likeness (QED) is 0.112. The predicted molar refractivity (Wildman–Crippen MR) is 319 cm³/mol. The van der Waals surface area contributed by atoms with Crippen LogP contribution in [0.2, 0.25) is 0 Å². The summed E-state index contributed by atoms with van der Waals surface area (Å²) in [6.07, 6.45) is 0. The van der Waals surface area contributed by atoms with Crippen LogP contribution < -0.4 is 9.80 Å². The van der Waals surface area contributed by atoms with Gasteiger partial charge in [-0.1, -0.05) is 206 Å². The molecule has 76 heavy (non-hydrogen) atoms. The van der Waals surface area contributed by atoms with Crippen LogP contribution in [0.4, 0.5) is 34.1 Å². The molecule has 0 atom stereocenters. The van der Waals surface area contributed by atoms with Gasteiger partial charge in [0.25, 0.3) is 0 Å². The fourth-order valence-corrected chi connectivity index (χ4v) is 12.6. The molecular formula is C72H44N2O2. The fraction of sp³-hybridized carbons (Fsp3) is 0. The Morgan fingerprint density at radius 3 is 0.895 bits per heavy atom. The van der Waals surface area contributed by atoms with Gasteiger partial charge in [-0.3, -0.25) is 0 Å². The third-order valence-corrected chi connectivity index (χ3v) is 15.7. The van der Waals surface area contributed by atoms with Crippen LogP contribution in [0.5, 0.6) is 0 Å². The molecule has 2 aliphatic heterocycles. The lowest BCUT2D eigenvalue weighted by Gasteiger charge is -2.32. The van der Waals surface area contributed by atoms with Crippen molar-refractivity contribution in [2.24, 2.45) is 0 Å². The summed E-state index contributed by atoms with van der Waals surface area (Å²) in [6, 6.07) is 96.0. The Morgan fingerprint density at radius 2 is 0.526 bits per heavy atom. The molecule has 0 saturated carbocycles. The zero-order valence-electron chi connectivity index (χ0n) is 41.1. The highest BCUT2D eigenvalue weighted by Crippen LogP contribution is 2.60. The first-order chi connectivity index (χ1) is 37.8. The van der Waals surface area contributed by atoms with E-state index in [1.54, 1.807) is 0 Å². The Labute approximate surface area is 437 Å². The lowest BCUT2D eigenvalue weighted by atomic mass is 9.81. The molecule has 2 aliphatic rings.